The fourth-order valence-corrected chi connectivity index (χ4v) is 3.29. The Bertz CT molecular complexity index is 684. The molecule has 0 aliphatic carbocycles. The third-order valence-electron chi connectivity index (χ3n) is 4.58. The molecule has 3 rings (SSSR count). The average Bonchev–Trinajstić information content (AvgIpc) is 3.02. The maximum absolute atomic E-state index is 12.5. The van der Waals surface area contributed by atoms with E-state index >= 15 is 0 Å². The lowest BCUT2D eigenvalue weighted by atomic mass is 9.95. The summed E-state index contributed by atoms with van der Waals surface area (Å²) in [6.07, 6.45) is 1.02. The predicted molar refractivity (Wildman–Crippen MR) is 87.3 cm³/mol. The van der Waals surface area contributed by atoms with E-state index in [0.29, 0.717) is 19.3 Å². The first-order valence-electron chi connectivity index (χ1n) is 8.32. The number of carbonyl (C=O) groups excluding carboxylic acids is 1. The minimum absolute atomic E-state index is 0.0436. The molecule has 7 heteroatoms. The summed E-state index contributed by atoms with van der Waals surface area (Å²) in [6.45, 7) is 1.68. The van der Waals surface area contributed by atoms with Crippen LogP contribution in [0.15, 0.2) is 24.3 Å². The van der Waals surface area contributed by atoms with Gasteiger partial charge in [0.15, 0.2) is 0 Å². The monoisotopic (exact) mass is 350 g/mol. The highest BCUT2D eigenvalue weighted by atomic mass is 16.5. The van der Waals surface area contributed by atoms with Crippen LogP contribution in [0.1, 0.15) is 48.2 Å². The Kier molecular flexibility index (Phi) is 4.99. The molecule has 5 unspecified atom stereocenters. The number of aromatic hydroxyl groups is 2. The summed E-state index contributed by atoms with van der Waals surface area (Å²) in [6, 6.07) is 2.24. The van der Waals surface area contributed by atoms with Gasteiger partial charge in [0.05, 0.1) is 18.3 Å². The molecule has 1 fully saturated rings. The Balaban J connectivity index is 2.04. The van der Waals surface area contributed by atoms with Crippen molar-refractivity contribution in [1.82, 2.24) is 0 Å². The molecule has 0 spiro atoms. The molecule has 0 saturated carbocycles. The molecule has 5 atom stereocenters. The summed E-state index contributed by atoms with van der Waals surface area (Å²) >= 11 is 0. The van der Waals surface area contributed by atoms with Crippen LogP contribution >= 0.6 is 0 Å². The second kappa shape index (κ2) is 7.03. The zero-order valence-corrected chi connectivity index (χ0v) is 13.8. The third-order valence-corrected chi connectivity index (χ3v) is 4.58. The summed E-state index contributed by atoms with van der Waals surface area (Å²) in [7, 11) is 0. The number of hydrogen-bond acceptors (Lipinski definition) is 7. The normalized spacial score (nSPS) is 32.9. The molecule has 25 heavy (non-hydrogen) atoms. The molecule has 2 heterocycles. The van der Waals surface area contributed by atoms with Crippen molar-refractivity contribution in [2.24, 2.45) is 0 Å². The van der Waals surface area contributed by atoms with Crippen LogP contribution in [0.25, 0.3) is 0 Å². The van der Waals surface area contributed by atoms with E-state index in [9.17, 15) is 25.2 Å². The number of ether oxygens (including phenoxy) is 2. The average molecular weight is 350 g/mol. The quantitative estimate of drug-likeness (QED) is 0.414. The Morgan fingerprint density at radius 3 is 2.60 bits per heavy atom. The van der Waals surface area contributed by atoms with Gasteiger partial charge in [0.25, 0.3) is 0 Å². The van der Waals surface area contributed by atoms with Gasteiger partial charge in [-0.2, -0.15) is 0 Å². The minimum Gasteiger partial charge on any atom is -0.508 e. The van der Waals surface area contributed by atoms with Crippen LogP contribution in [0.5, 0.6) is 11.5 Å². The van der Waals surface area contributed by atoms with Gasteiger partial charge in [-0.15, -0.1) is 0 Å². The SMILES string of the molecule is CC1CC=CC(O)C2CCC(O2)C(O)c2cc(O)cc(O)c2C(=O)O1. The van der Waals surface area contributed by atoms with Crippen LogP contribution in [0, 0.1) is 0 Å². The first-order valence-corrected chi connectivity index (χ1v) is 8.32. The van der Waals surface area contributed by atoms with Crippen LogP contribution in [0.3, 0.4) is 0 Å². The maximum atomic E-state index is 12.5. The van der Waals surface area contributed by atoms with E-state index in [-0.39, 0.29) is 16.9 Å². The van der Waals surface area contributed by atoms with Crippen LogP contribution < -0.4 is 0 Å². The van der Waals surface area contributed by atoms with Crippen molar-refractivity contribution in [2.45, 2.75) is 56.7 Å². The molecule has 0 radical (unpaired) electrons. The third kappa shape index (κ3) is 3.63. The number of fused-ring (bicyclic) bond motifs is 3. The summed E-state index contributed by atoms with van der Waals surface area (Å²) in [5.74, 6) is -1.54. The van der Waals surface area contributed by atoms with Gasteiger partial charge < -0.3 is 29.9 Å². The molecular weight excluding hydrogens is 328 g/mol. The highest BCUT2D eigenvalue weighted by molar-refractivity contribution is 5.94. The molecule has 2 aliphatic rings. The fraction of sp³-hybridized carbons (Fsp3) is 0.500. The topological polar surface area (TPSA) is 116 Å². The lowest BCUT2D eigenvalue weighted by molar-refractivity contribution is -0.0652. The van der Waals surface area contributed by atoms with Crippen molar-refractivity contribution in [2.75, 3.05) is 0 Å². The van der Waals surface area contributed by atoms with E-state index in [2.05, 4.69) is 0 Å². The van der Waals surface area contributed by atoms with Gasteiger partial charge in [0.2, 0.25) is 0 Å². The first-order chi connectivity index (χ1) is 11.9. The van der Waals surface area contributed by atoms with Crippen molar-refractivity contribution in [1.29, 1.82) is 0 Å². The number of phenols is 2. The molecule has 2 bridgehead atoms. The molecule has 0 aromatic heterocycles. The highest BCUT2D eigenvalue weighted by Gasteiger charge is 2.37. The molecule has 1 aromatic carbocycles. The number of cyclic esters (lactones) is 1. The lowest BCUT2D eigenvalue weighted by Crippen LogP contribution is -2.27. The number of esters is 1. The maximum Gasteiger partial charge on any atom is 0.342 e. The number of carbonyl (C=O) groups is 1. The smallest absolute Gasteiger partial charge is 0.342 e. The Morgan fingerprint density at radius 1 is 1.12 bits per heavy atom. The van der Waals surface area contributed by atoms with Gasteiger partial charge in [0, 0.05) is 18.1 Å². The molecule has 7 nitrogen and oxygen atoms in total. The number of hydrogen-bond donors (Lipinski definition) is 4. The second-order valence-electron chi connectivity index (χ2n) is 6.53. The number of aliphatic hydroxyl groups is 2. The fourth-order valence-electron chi connectivity index (χ4n) is 3.29. The van der Waals surface area contributed by atoms with Gasteiger partial charge in [-0.25, -0.2) is 4.79 Å². The summed E-state index contributed by atoms with van der Waals surface area (Å²) in [4.78, 5) is 12.5. The molecular formula is C18H22O7. The van der Waals surface area contributed by atoms with Crippen molar-refractivity contribution in [3.8, 4) is 11.5 Å². The molecule has 1 aromatic rings. The van der Waals surface area contributed by atoms with Crippen molar-refractivity contribution in [3.05, 3.63) is 35.4 Å². The van der Waals surface area contributed by atoms with E-state index in [1.54, 1.807) is 19.1 Å². The standard InChI is InChI=1S/C18H22O7/c1-9-3-2-4-12(20)14-5-6-15(25-14)17(22)11-7-10(19)8-13(21)16(11)18(23)24-9/h2,4,7-9,12,14-15,17,19-22H,3,5-6H2,1H3. The summed E-state index contributed by atoms with van der Waals surface area (Å²) in [5, 5.41) is 40.7. The number of aliphatic hydroxyl groups excluding tert-OH is 2. The predicted octanol–water partition coefficient (Wildman–Crippen LogP) is 1.54. The van der Waals surface area contributed by atoms with Crippen LogP contribution in [-0.4, -0.2) is 50.8 Å². The van der Waals surface area contributed by atoms with Gasteiger partial charge in [-0.3, -0.25) is 0 Å². The van der Waals surface area contributed by atoms with E-state index in [0.717, 1.165) is 6.07 Å². The first kappa shape index (κ1) is 17.7. The van der Waals surface area contributed by atoms with Gasteiger partial charge in [0.1, 0.15) is 29.3 Å². The van der Waals surface area contributed by atoms with Crippen LogP contribution in [0.2, 0.25) is 0 Å². The summed E-state index contributed by atoms with van der Waals surface area (Å²) in [5.41, 5.74) is -0.143. The number of rotatable bonds is 0. The van der Waals surface area contributed by atoms with Gasteiger partial charge in [-0.05, 0) is 25.8 Å². The second-order valence-corrected chi connectivity index (χ2v) is 6.53. The van der Waals surface area contributed by atoms with Gasteiger partial charge >= 0.3 is 5.97 Å². The van der Waals surface area contributed by atoms with E-state index in [1.165, 1.54) is 6.07 Å². The molecule has 136 valence electrons. The van der Waals surface area contributed by atoms with E-state index < -0.39 is 42.2 Å². The van der Waals surface area contributed by atoms with Gasteiger partial charge in [-0.1, -0.05) is 12.2 Å². The Hall–Kier alpha value is -2.09. The Labute approximate surface area is 145 Å². The zero-order chi connectivity index (χ0) is 18.1. The minimum atomic E-state index is -1.25. The van der Waals surface area contributed by atoms with E-state index in [4.69, 9.17) is 9.47 Å². The zero-order valence-electron chi connectivity index (χ0n) is 13.8. The highest BCUT2D eigenvalue weighted by Crippen LogP contribution is 2.38. The summed E-state index contributed by atoms with van der Waals surface area (Å²) < 4.78 is 11.0. The molecule has 0 amide bonds. The lowest BCUT2D eigenvalue weighted by Gasteiger charge is -2.23. The largest absolute Gasteiger partial charge is 0.508 e. The number of benzene rings is 1. The molecule has 2 aliphatic heterocycles. The number of phenolic OH excluding ortho intramolecular Hbond substituents is 2. The Morgan fingerprint density at radius 2 is 1.84 bits per heavy atom. The van der Waals surface area contributed by atoms with E-state index in [1.807, 2.05) is 0 Å². The molecule has 1 saturated heterocycles. The van der Waals surface area contributed by atoms with Crippen LogP contribution in [0.4, 0.5) is 0 Å². The van der Waals surface area contributed by atoms with Crippen molar-refractivity contribution < 1.29 is 34.7 Å². The molecule has 4 N–H and O–H groups in total. The van der Waals surface area contributed by atoms with Crippen molar-refractivity contribution in [3.63, 3.8) is 0 Å². The van der Waals surface area contributed by atoms with Crippen molar-refractivity contribution >= 4 is 5.97 Å². The van der Waals surface area contributed by atoms with Crippen LogP contribution in [-0.2, 0) is 9.47 Å².